The van der Waals surface area contributed by atoms with Gasteiger partial charge in [0.15, 0.2) is 5.96 Å². The predicted molar refractivity (Wildman–Crippen MR) is 61.3 cm³/mol. The Morgan fingerprint density at radius 1 is 1.43 bits per heavy atom. The van der Waals surface area contributed by atoms with E-state index in [1.807, 2.05) is 0 Å². The number of nitrogens with zero attached hydrogens (tertiary/aromatic N) is 1. The van der Waals surface area contributed by atoms with E-state index < -0.39 is 0 Å². The van der Waals surface area contributed by atoms with Crippen molar-refractivity contribution in [1.82, 2.24) is 5.32 Å². The summed E-state index contributed by atoms with van der Waals surface area (Å²) >= 11 is 0. The summed E-state index contributed by atoms with van der Waals surface area (Å²) < 4.78 is 0. The van der Waals surface area contributed by atoms with Crippen molar-refractivity contribution in [2.45, 2.75) is 46.1 Å². The second kappa shape index (κ2) is 5.23. The molecule has 0 aliphatic heterocycles. The average molecular weight is 197 g/mol. The van der Waals surface area contributed by atoms with Crippen LogP contribution in [0.1, 0.15) is 40.0 Å². The molecule has 0 radical (unpaired) electrons. The van der Waals surface area contributed by atoms with Gasteiger partial charge in [-0.2, -0.15) is 0 Å². The Hall–Kier alpha value is -0.730. The lowest BCUT2D eigenvalue weighted by molar-refractivity contribution is 0.258. The van der Waals surface area contributed by atoms with Crippen molar-refractivity contribution >= 4 is 5.96 Å². The molecule has 3 nitrogen and oxygen atoms in total. The van der Waals surface area contributed by atoms with Gasteiger partial charge in [-0.3, -0.25) is 4.99 Å². The Labute approximate surface area is 87.2 Å². The third kappa shape index (κ3) is 3.56. The van der Waals surface area contributed by atoms with Gasteiger partial charge in [0.2, 0.25) is 0 Å². The Bertz CT molecular complexity index is 195. The van der Waals surface area contributed by atoms with Gasteiger partial charge in [-0.25, -0.2) is 0 Å². The third-order valence-electron chi connectivity index (χ3n) is 2.86. The molecule has 3 heteroatoms. The van der Waals surface area contributed by atoms with Gasteiger partial charge in [0.1, 0.15) is 0 Å². The Morgan fingerprint density at radius 3 is 2.50 bits per heavy atom. The maximum atomic E-state index is 5.78. The highest BCUT2D eigenvalue weighted by Crippen LogP contribution is 2.29. The summed E-state index contributed by atoms with van der Waals surface area (Å²) in [6.07, 6.45) is 4.05. The van der Waals surface area contributed by atoms with Gasteiger partial charge in [0.05, 0.1) is 0 Å². The monoisotopic (exact) mass is 197 g/mol. The van der Waals surface area contributed by atoms with Crippen molar-refractivity contribution in [3.8, 4) is 0 Å². The van der Waals surface area contributed by atoms with E-state index in [2.05, 4.69) is 31.1 Å². The quantitative estimate of drug-likeness (QED) is 0.533. The number of hydrogen-bond acceptors (Lipinski definition) is 1. The molecule has 14 heavy (non-hydrogen) atoms. The largest absolute Gasteiger partial charge is 0.370 e. The summed E-state index contributed by atoms with van der Waals surface area (Å²) in [7, 11) is 0. The summed E-state index contributed by atoms with van der Waals surface area (Å²) in [4.78, 5) is 4.29. The molecule has 0 spiro atoms. The van der Waals surface area contributed by atoms with Crippen molar-refractivity contribution < 1.29 is 0 Å². The molecule has 0 amide bonds. The molecule has 0 bridgehead atoms. The summed E-state index contributed by atoms with van der Waals surface area (Å²) in [5.41, 5.74) is 5.78. The first kappa shape index (κ1) is 11.3. The molecule has 3 N–H and O–H groups in total. The van der Waals surface area contributed by atoms with Gasteiger partial charge in [-0.05, 0) is 31.6 Å². The summed E-state index contributed by atoms with van der Waals surface area (Å²) in [6, 6.07) is 0.486. The van der Waals surface area contributed by atoms with Gasteiger partial charge in [-0.15, -0.1) is 0 Å². The lowest BCUT2D eigenvalue weighted by atomic mass is 9.80. The van der Waals surface area contributed by atoms with Crippen molar-refractivity contribution in [1.29, 1.82) is 0 Å². The van der Waals surface area contributed by atoms with Crippen LogP contribution in [0.25, 0.3) is 0 Å². The molecule has 0 aromatic rings. The molecule has 1 aliphatic carbocycles. The maximum Gasteiger partial charge on any atom is 0.188 e. The number of guanidine groups is 1. The van der Waals surface area contributed by atoms with Crippen LogP contribution >= 0.6 is 0 Å². The van der Waals surface area contributed by atoms with E-state index in [0.29, 0.717) is 17.9 Å². The van der Waals surface area contributed by atoms with Crippen LogP contribution in [0.3, 0.4) is 0 Å². The molecular weight excluding hydrogens is 174 g/mol. The molecular formula is C11H23N3. The molecule has 1 atom stereocenters. The molecule has 1 fully saturated rings. The molecule has 82 valence electrons. The minimum Gasteiger partial charge on any atom is -0.370 e. The van der Waals surface area contributed by atoms with Crippen molar-refractivity contribution in [3.63, 3.8) is 0 Å². The Balaban J connectivity index is 2.24. The van der Waals surface area contributed by atoms with Gasteiger partial charge in [-0.1, -0.05) is 20.3 Å². The molecule has 1 saturated carbocycles. The minimum absolute atomic E-state index is 0.486. The maximum absolute atomic E-state index is 5.78. The van der Waals surface area contributed by atoms with E-state index in [4.69, 9.17) is 5.73 Å². The fourth-order valence-corrected chi connectivity index (χ4v) is 1.62. The summed E-state index contributed by atoms with van der Waals surface area (Å²) in [6.45, 7) is 7.30. The zero-order valence-corrected chi connectivity index (χ0v) is 9.59. The smallest absolute Gasteiger partial charge is 0.188 e. The lowest BCUT2D eigenvalue weighted by Gasteiger charge is -2.32. The number of nitrogens with one attached hydrogen (secondary N) is 1. The van der Waals surface area contributed by atoms with Crippen molar-refractivity contribution in [2.75, 3.05) is 6.54 Å². The highest BCUT2D eigenvalue weighted by atomic mass is 15.1. The highest BCUT2D eigenvalue weighted by molar-refractivity contribution is 5.78. The van der Waals surface area contributed by atoms with Crippen LogP contribution in [0.2, 0.25) is 0 Å². The van der Waals surface area contributed by atoms with E-state index in [-0.39, 0.29) is 0 Å². The summed E-state index contributed by atoms with van der Waals surface area (Å²) in [5.74, 6) is 2.00. The summed E-state index contributed by atoms with van der Waals surface area (Å²) in [5, 5.41) is 3.26. The fourth-order valence-electron chi connectivity index (χ4n) is 1.62. The topological polar surface area (TPSA) is 50.4 Å². The number of aliphatic imine (C=N–C) groups is 1. The molecule has 0 aromatic heterocycles. The van der Waals surface area contributed by atoms with E-state index in [9.17, 15) is 0 Å². The van der Waals surface area contributed by atoms with E-state index in [1.54, 1.807) is 0 Å². The SMILES string of the molecule is CC(C)CN=C(N)NC(C)C1CCC1. The molecule has 0 heterocycles. The van der Waals surface area contributed by atoms with Crippen LogP contribution < -0.4 is 11.1 Å². The highest BCUT2D eigenvalue weighted by Gasteiger charge is 2.23. The molecule has 0 aromatic carbocycles. The predicted octanol–water partition coefficient (Wildman–Crippen LogP) is 1.74. The van der Waals surface area contributed by atoms with Crippen LogP contribution in [0, 0.1) is 11.8 Å². The second-order valence-electron chi connectivity index (χ2n) is 4.74. The zero-order chi connectivity index (χ0) is 10.6. The first-order valence-corrected chi connectivity index (χ1v) is 5.66. The Kier molecular flexibility index (Phi) is 4.23. The standard InChI is InChI=1S/C11H23N3/c1-8(2)7-13-11(12)14-9(3)10-5-4-6-10/h8-10H,4-7H2,1-3H3,(H3,12,13,14). The van der Waals surface area contributed by atoms with Gasteiger partial charge >= 0.3 is 0 Å². The first-order valence-electron chi connectivity index (χ1n) is 5.66. The van der Waals surface area contributed by atoms with Gasteiger partial charge in [0.25, 0.3) is 0 Å². The molecule has 1 unspecified atom stereocenters. The minimum atomic E-state index is 0.486. The first-order chi connectivity index (χ1) is 6.59. The number of nitrogens with two attached hydrogens (primary N) is 1. The fraction of sp³-hybridized carbons (Fsp3) is 0.909. The van der Waals surface area contributed by atoms with Crippen LogP contribution in [-0.2, 0) is 0 Å². The molecule has 1 aliphatic rings. The Morgan fingerprint density at radius 2 is 2.07 bits per heavy atom. The normalized spacial score (nSPS) is 20.7. The van der Waals surface area contributed by atoms with Crippen LogP contribution in [-0.4, -0.2) is 18.5 Å². The number of rotatable bonds is 4. The molecule has 1 rings (SSSR count). The second-order valence-corrected chi connectivity index (χ2v) is 4.74. The van der Waals surface area contributed by atoms with E-state index >= 15 is 0 Å². The zero-order valence-electron chi connectivity index (χ0n) is 9.59. The lowest BCUT2D eigenvalue weighted by Crippen LogP contribution is -2.44. The van der Waals surface area contributed by atoms with Gasteiger partial charge in [0, 0.05) is 12.6 Å². The van der Waals surface area contributed by atoms with E-state index in [1.165, 1.54) is 19.3 Å². The van der Waals surface area contributed by atoms with Crippen LogP contribution in [0.5, 0.6) is 0 Å². The average Bonchev–Trinajstić information content (AvgIpc) is 1.97. The van der Waals surface area contributed by atoms with Crippen molar-refractivity contribution in [2.24, 2.45) is 22.6 Å². The van der Waals surface area contributed by atoms with Crippen LogP contribution in [0.4, 0.5) is 0 Å². The van der Waals surface area contributed by atoms with Crippen molar-refractivity contribution in [3.05, 3.63) is 0 Å². The van der Waals surface area contributed by atoms with Crippen LogP contribution in [0.15, 0.2) is 4.99 Å². The third-order valence-corrected chi connectivity index (χ3v) is 2.86. The van der Waals surface area contributed by atoms with Gasteiger partial charge < -0.3 is 11.1 Å². The number of hydrogen-bond donors (Lipinski definition) is 2. The van der Waals surface area contributed by atoms with E-state index in [0.717, 1.165) is 12.5 Å². The molecule has 0 saturated heterocycles.